The molecule has 0 bridgehead atoms. The van der Waals surface area contributed by atoms with Gasteiger partial charge in [-0.3, -0.25) is 0 Å². The first-order valence-electron chi connectivity index (χ1n) is 3.80. The van der Waals surface area contributed by atoms with E-state index in [9.17, 15) is 0 Å². The molecule has 0 spiro atoms. The van der Waals surface area contributed by atoms with E-state index < -0.39 is 0 Å². The Bertz CT molecular complexity index is 131. The van der Waals surface area contributed by atoms with Crippen molar-refractivity contribution in [1.29, 1.82) is 0 Å². The number of rotatable bonds is 0. The van der Waals surface area contributed by atoms with Crippen LogP contribution in [0.5, 0.6) is 0 Å². The van der Waals surface area contributed by atoms with Crippen LogP contribution < -0.4 is 0 Å². The summed E-state index contributed by atoms with van der Waals surface area (Å²) in [5.74, 6) is 1.33. The minimum atomic E-state index is 0.971. The lowest BCUT2D eigenvalue weighted by Gasteiger charge is -2.14. The summed E-state index contributed by atoms with van der Waals surface area (Å²) in [5.41, 5.74) is 1.61. The average Bonchev–Trinajstić information content (AvgIpc) is 2.33. The van der Waals surface area contributed by atoms with Crippen LogP contribution in [-0.4, -0.2) is 6.61 Å². The molecule has 0 aromatic rings. The lowest BCUT2D eigenvalue weighted by molar-refractivity contribution is 0.185. The Balaban J connectivity index is 2.17. The smallest absolute Gasteiger partial charge is 0.0951 e. The van der Waals surface area contributed by atoms with Gasteiger partial charge in [0.1, 0.15) is 0 Å². The van der Waals surface area contributed by atoms with Gasteiger partial charge in [-0.05, 0) is 31.3 Å². The normalized spacial score (nSPS) is 25.8. The zero-order valence-electron chi connectivity index (χ0n) is 5.65. The topological polar surface area (TPSA) is 9.23 Å². The molecule has 0 unspecified atom stereocenters. The van der Waals surface area contributed by atoms with Crippen LogP contribution in [0.2, 0.25) is 0 Å². The van der Waals surface area contributed by atoms with E-state index in [-0.39, 0.29) is 0 Å². The van der Waals surface area contributed by atoms with Crippen LogP contribution in [0, 0.1) is 0 Å². The Morgan fingerprint density at radius 3 is 2.78 bits per heavy atom. The van der Waals surface area contributed by atoms with Crippen molar-refractivity contribution in [3.8, 4) is 0 Å². The van der Waals surface area contributed by atoms with Crippen LogP contribution >= 0.6 is 0 Å². The molecule has 1 aliphatic heterocycles. The van der Waals surface area contributed by atoms with Crippen molar-refractivity contribution in [2.75, 3.05) is 6.61 Å². The second-order valence-electron chi connectivity index (χ2n) is 2.83. The van der Waals surface area contributed by atoms with Crippen LogP contribution in [0.15, 0.2) is 11.3 Å². The van der Waals surface area contributed by atoms with Crippen LogP contribution in [0.1, 0.15) is 32.1 Å². The van der Waals surface area contributed by atoms with Crippen LogP contribution in [0.25, 0.3) is 0 Å². The van der Waals surface area contributed by atoms with Crippen molar-refractivity contribution in [1.82, 2.24) is 0 Å². The number of hydrogen-bond donors (Lipinski definition) is 0. The first kappa shape index (κ1) is 5.33. The van der Waals surface area contributed by atoms with E-state index in [0.29, 0.717) is 0 Å². The van der Waals surface area contributed by atoms with Gasteiger partial charge in [-0.25, -0.2) is 0 Å². The first-order valence-corrected chi connectivity index (χ1v) is 3.80. The summed E-state index contributed by atoms with van der Waals surface area (Å²) < 4.78 is 5.48. The fraction of sp³-hybridized carbons (Fsp3) is 0.750. The Kier molecular flexibility index (Phi) is 1.22. The molecule has 0 radical (unpaired) electrons. The molecule has 9 heavy (non-hydrogen) atoms. The van der Waals surface area contributed by atoms with Gasteiger partial charge < -0.3 is 4.74 Å². The minimum Gasteiger partial charge on any atom is -0.498 e. The predicted octanol–water partition coefficient (Wildman–Crippen LogP) is 2.23. The maximum Gasteiger partial charge on any atom is 0.0951 e. The largest absolute Gasteiger partial charge is 0.498 e. The maximum atomic E-state index is 5.48. The Morgan fingerprint density at radius 1 is 1.00 bits per heavy atom. The molecule has 0 aromatic heterocycles. The quantitative estimate of drug-likeness (QED) is 0.481. The highest BCUT2D eigenvalue weighted by atomic mass is 16.5. The Labute approximate surface area is 55.7 Å². The molecule has 50 valence electrons. The Morgan fingerprint density at radius 2 is 1.89 bits per heavy atom. The van der Waals surface area contributed by atoms with E-state index in [4.69, 9.17) is 4.74 Å². The van der Waals surface area contributed by atoms with Crippen molar-refractivity contribution >= 4 is 0 Å². The fourth-order valence-electron chi connectivity index (χ4n) is 1.70. The van der Waals surface area contributed by atoms with E-state index in [2.05, 4.69) is 0 Å². The molecular formula is C8H12O. The van der Waals surface area contributed by atoms with Gasteiger partial charge in [0.15, 0.2) is 0 Å². The van der Waals surface area contributed by atoms with E-state index in [1.807, 2.05) is 0 Å². The van der Waals surface area contributed by atoms with Gasteiger partial charge in [0.25, 0.3) is 0 Å². The van der Waals surface area contributed by atoms with Crippen LogP contribution in [-0.2, 0) is 4.74 Å². The van der Waals surface area contributed by atoms with Crippen molar-refractivity contribution in [3.63, 3.8) is 0 Å². The molecule has 0 amide bonds. The van der Waals surface area contributed by atoms with Gasteiger partial charge in [0, 0.05) is 6.42 Å². The van der Waals surface area contributed by atoms with Crippen molar-refractivity contribution in [3.05, 3.63) is 11.3 Å². The lowest BCUT2D eigenvalue weighted by atomic mass is 10.1. The summed E-state index contributed by atoms with van der Waals surface area (Å²) >= 11 is 0. The second kappa shape index (κ2) is 2.05. The zero-order valence-corrected chi connectivity index (χ0v) is 5.65. The molecule has 2 rings (SSSR count). The molecule has 1 heterocycles. The third kappa shape index (κ3) is 0.846. The predicted molar refractivity (Wildman–Crippen MR) is 36.1 cm³/mol. The molecular weight excluding hydrogens is 112 g/mol. The summed E-state index contributed by atoms with van der Waals surface area (Å²) in [6, 6.07) is 0. The van der Waals surface area contributed by atoms with Gasteiger partial charge in [-0.15, -0.1) is 0 Å². The van der Waals surface area contributed by atoms with Crippen molar-refractivity contribution in [2.45, 2.75) is 32.1 Å². The fourth-order valence-corrected chi connectivity index (χ4v) is 1.70. The van der Waals surface area contributed by atoms with Crippen molar-refractivity contribution < 1.29 is 4.74 Å². The average molecular weight is 124 g/mol. The van der Waals surface area contributed by atoms with Crippen molar-refractivity contribution in [2.24, 2.45) is 0 Å². The van der Waals surface area contributed by atoms with Gasteiger partial charge >= 0.3 is 0 Å². The molecule has 0 atom stereocenters. The monoisotopic (exact) mass is 124 g/mol. The highest BCUT2D eigenvalue weighted by molar-refractivity contribution is 5.15. The van der Waals surface area contributed by atoms with Gasteiger partial charge in [-0.2, -0.15) is 0 Å². The highest BCUT2D eigenvalue weighted by Crippen LogP contribution is 2.32. The first-order chi connectivity index (χ1) is 4.47. The highest BCUT2D eigenvalue weighted by Gasteiger charge is 2.18. The van der Waals surface area contributed by atoms with E-state index in [1.165, 1.54) is 37.9 Å². The summed E-state index contributed by atoms with van der Waals surface area (Å²) in [4.78, 5) is 0. The molecule has 0 fully saturated rings. The molecule has 0 saturated heterocycles. The molecule has 1 nitrogen and oxygen atoms in total. The molecule has 1 aliphatic carbocycles. The van der Waals surface area contributed by atoms with Gasteiger partial charge in [-0.1, -0.05) is 0 Å². The third-order valence-electron chi connectivity index (χ3n) is 2.18. The van der Waals surface area contributed by atoms with Gasteiger partial charge in [0.05, 0.1) is 12.4 Å². The SMILES string of the molecule is C1COC2=C(C1)CCC2. The van der Waals surface area contributed by atoms with E-state index in [0.717, 1.165) is 6.61 Å². The maximum absolute atomic E-state index is 5.48. The number of hydrogen-bond acceptors (Lipinski definition) is 1. The van der Waals surface area contributed by atoms with Crippen LogP contribution in [0.3, 0.4) is 0 Å². The Hall–Kier alpha value is -0.460. The summed E-state index contributed by atoms with van der Waals surface area (Å²) in [5, 5.41) is 0. The second-order valence-corrected chi connectivity index (χ2v) is 2.83. The molecule has 1 heteroatoms. The molecule has 0 N–H and O–H groups in total. The third-order valence-corrected chi connectivity index (χ3v) is 2.18. The standard InChI is InChI=1S/C8H12O/c1-3-7-4-2-6-9-8(7)5-1/h1-6H2. The summed E-state index contributed by atoms with van der Waals surface area (Å²) in [6.45, 7) is 0.971. The molecule has 0 saturated carbocycles. The number of allylic oxidation sites excluding steroid dienone is 2. The van der Waals surface area contributed by atoms with Gasteiger partial charge in [0.2, 0.25) is 0 Å². The van der Waals surface area contributed by atoms with E-state index >= 15 is 0 Å². The summed E-state index contributed by atoms with van der Waals surface area (Å²) in [7, 11) is 0. The van der Waals surface area contributed by atoms with E-state index in [1.54, 1.807) is 5.57 Å². The zero-order chi connectivity index (χ0) is 6.10. The van der Waals surface area contributed by atoms with Crippen LogP contribution in [0.4, 0.5) is 0 Å². The minimum absolute atomic E-state index is 0.971. The molecule has 2 aliphatic rings. The molecule has 0 aromatic carbocycles. The lowest BCUT2D eigenvalue weighted by Crippen LogP contribution is -2.01. The number of ether oxygens (including phenoxy) is 1. The summed E-state index contributed by atoms with van der Waals surface area (Å²) in [6.07, 6.45) is 6.43.